The van der Waals surface area contributed by atoms with E-state index in [1.165, 1.54) is 6.07 Å². The Kier molecular flexibility index (Phi) is 5.78. The van der Waals surface area contributed by atoms with Crippen LogP contribution in [0.1, 0.15) is 11.3 Å². The molecule has 0 amide bonds. The topological polar surface area (TPSA) is 86.2 Å². The Balaban J connectivity index is 1.64. The third-order valence-electron chi connectivity index (χ3n) is 3.76. The van der Waals surface area contributed by atoms with Crippen molar-refractivity contribution in [3.05, 3.63) is 59.7 Å². The van der Waals surface area contributed by atoms with Gasteiger partial charge in [-0.05, 0) is 23.8 Å². The first-order chi connectivity index (χ1) is 13.4. The number of pyridine rings is 1. The van der Waals surface area contributed by atoms with E-state index in [9.17, 15) is 17.6 Å². The number of nitrogens with one attached hydrogen (secondary N) is 1. The second kappa shape index (κ2) is 8.26. The summed E-state index contributed by atoms with van der Waals surface area (Å²) < 4.78 is 61.1. The molecule has 0 spiro atoms. The summed E-state index contributed by atoms with van der Waals surface area (Å²) in [4.78, 5) is 7.62. The molecule has 10 heteroatoms. The summed E-state index contributed by atoms with van der Waals surface area (Å²) in [5, 5.41) is 2.88. The molecule has 2 heterocycles. The van der Waals surface area contributed by atoms with Gasteiger partial charge in [0.05, 0.1) is 6.33 Å². The van der Waals surface area contributed by atoms with E-state index in [2.05, 4.69) is 15.3 Å². The molecule has 0 aliphatic rings. The van der Waals surface area contributed by atoms with Crippen LogP contribution < -0.4 is 15.8 Å². The van der Waals surface area contributed by atoms with Crippen LogP contribution in [0.25, 0.3) is 11.1 Å². The second-order valence-corrected chi connectivity index (χ2v) is 5.81. The Morgan fingerprint density at radius 1 is 1.25 bits per heavy atom. The predicted octanol–water partition coefficient (Wildman–Crippen LogP) is 4.04. The summed E-state index contributed by atoms with van der Waals surface area (Å²) in [7, 11) is 0. The highest BCUT2D eigenvalue weighted by Crippen LogP contribution is 2.27. The second-order valence-electron chi connectivity index (χ2n) is 5.81. The first kappa shape index (κ1) is 19.6. The van der Waals surface area contributed by atoms with Gasteiger partial charge in [0.15, 0.2) is 5.58 Å². The number of alkyl halides is 3. The fourth-order valence-electron chi connectivity index (χ4n) is 2.26. The predicted molar refractivity (Wildman–Crippen MR) is 94.3 cm³/mol. The van der Waals surface area contributed by atoms with E-state index >= 15 is 0 Å². The molecule has 1 aromatic carbocycles. The Labute approximate surface area is 157 Å². The molecule has 0 atom stereocenters. The summed E-state index contributed by atoms with van der Waals surface area (Å²) in [6, 6.07) is 7.35. The molecule has 3 aromatic rings. The van der Waals surface area contributed by atoms with E-state index in [1.54, 1.807) is 18.2 Å². The maximum Gasteiger partial charge on any atom is 0.433 e. The van der Waals surface area contributed by atoms with E-state index in [1.807, 2.05) is 0 Å². The Hall–Kier alpha value is -3.14. The fourth-order valence-corrected chi connectivity index (χ4v) is 2.26. The van der Waals surface area contributed by atoms with E-state index in [-0.39, 0.29) is 25.7 Å². The summed E-state index contributed by atoms with van der Waals surface area (Å²) in [6.07, 6.45) is -2.93. The molecule has 148 valence electrons. The average molecular weight is 396 g/mol. The zero-order chi connectivity index (χ0) is 20.1. The summed E-state index contributed by atoms with van der Waals surface area (Å²) in [5.74, 6) is 0.454. The highest BCUT2D eigenvalue weighted by molar-refractivity contribution is 5.76. The molecule has 3 N–H and O–H groups in total. The molecule has 0 radical (unpaired) electrons. The van der Waals surface area contributed by atoms with Crippen molar-refractivity contribution in [3.8, 4) is 5.75 Å². The summed E-state index contributed by atoms with van der Waals surface area (Å²) in [6.45, 7) is 0.245. The van der Waals surface area contributed by atoms with Gasteiger partial charge in [-0.3, -0.25) is 4.98 Å². The van der Waals surface area contributed by atoms with E-state index in [0.717, 1.165) is 12.3 Å². The molecule has 6 nitrogen and oxygen atoms in total. The van der Waals surface area contributed by atoms with E-state index < -0.39 is 11.9 Å². The number of hydrogen-bond acceptors (Lipinski definition) is 6. The van der Waals surface area contributed by atoms with Crippen molar-refractivity contribution >= 4 is 17.1 Å². The maximum atomic E-state index is 12.5. The lowest BCUT2D eigenvalue weighted by atomic mass is 10.2. The van der Waals surface area contributed by atoms with E-state index in [0.29, 0.717) is 34.3 Å². The zero-order valence-electron chi connectivity index (χ0n) is 14.5. The van der Waals surface area contributed by atoms with Crippen molar-refractivity contribution in [3.63, 3.8) is 0 Å². The van der Waals surface area contributed by atoms with Crippen molar-refractivity contribution in [2.45, 2.75) is 12.7 Å². The highest BCUT2D eigenvalue weighted by Gasteiger charge is 2.31. The van der Waals surface area contributed by atoms with E-state index in [4.69, 9.17) is 14.9 Å². The lowest BCUT2D eigenvalue weighted by Gasteiger charge is -2.06. The Morgan fingerprint density at radius 2 is 2.07 bits per heavy atom. The normalized spacial score (nSPS) is 12.4. The number of halogens is 4. The van der Waals surface area contributed by atoms with Crippen molar-refractivity contribution in [1.29, 1.82) is 0 Å². The van der Waals surface area contributed by atoms with Crippen molar-refractivity contribution in [2.75, 3.05) is 18.5 Å². The first-order valence-corrected chi connectivity index (χ1v) is 8.16. The number of anilines is 1. The van der Waals surface area contributed by atoms with Crippen molar-refractivity contribution in [2.24, 2.45) is 5.73 Å². The monoisotopic (exact) mass is 396 g/mol. The van der Waals surface area contributed by atoms with Gasteiger partial charge in [-0.25, -0.2) is 4.39 Å². The summed E-state index contributed by atoms with van der Waals surface area (Å²) >= 11 is 0. The number of aromatic nitrogens is 2. The molecule has 0 fully saturated rings. The zero-order valence-corrected chi connectivity index (χ0v) is 14.5. The number of nitrogens with zero attached hydrogens (tertiary/aromatic N) is 2. The average Bonchev–Trinajstić information content (AvgIpc) is 3.09. The number of hydrogen-bond donors (Lipinski definition) is 2. The van der Waals surface area contributed by atoms with Crippen LogP contribution in [0.3, 0.4) is 0 Å². The van der Waals surface area contributed by atoms with Gasteiger partial charge in [0.1, 0.15) is 23.6 Å². The van der Waals surface area contributed by atoms with Gasteiger partial charge in [-0.1, -0.05) is 6.07 Å². The quantitative estimate of drug-likeness (QED) is 0.586. The molecule has 3 rings (SSSR count). The number of nitrogens with two attached hydrogens (primary N) is 1. The van der Waals surface area contributed by atoms with Gasteiger partial charge in [0.25, 0.3) is 6.01 Å². The van der Waals surface area contributed by atoms with Crippen LogP contribution in [-0.4, -0.2) is 23.1 Å². The highest BCUT2D eigenvalue weighted by atomic mass is 19.4. The van der Waals surface area contributed by atoms with Gasteiger partial charge in [0.2, 0.25) is 0 Å². The number of fused-ring (bicyclic) bond motifs is 1. The molecule has 0 aliphatic heterocycles. The van der Waals surface area contributed by atoms with Crippen molar-refractivity contribution < 1.29 is 26.7 Å². The smallest absolute Gasteiger partial charge is 0.433 e. The Morgan fingerprint density at radius 3 is 2.71 bits per heavy atom. The van der Waals surface area contributed by atoms with Crippen LogP contribution in [0.5, 0.6) is 5.75 Å². The van der Waals surface area contributed by atoms with Gasteiger partial charge < -0.3 is 20.2 Å². The Bertz CT molecular complexity index is 968. The molecule has 0 saturated carbocycles. The molecule has 0 saturated heterocycles. The third kappa shape index (κ3) is 4.77. The maximum absolute atomic E-state index is 12.5. The molecule has 2 aromatic heterocycles. The van der Waals surface area contributed by atoms with Crippen LogP contribution in [0, 0.1) is 0 Å². The fraction of sp³-hybridized carbons (Fsp3) is 0.222. The van der Waals surface area contributed by atoms with Crippen LogP contribution in [-0.2, 0) is 12.7 Å². The number of benzene rings is 1. The minimum Gasteiger partial charge on any atom is -0.489 e. The summed E-state index contributed by atoms with van der Waals surface area (Å²) in [5.41, 5.74) is 6.25. The largest absolute Gasteiger partial charge is 0.489 e. The molecular weight excluding hydrogens is 380 g/mol. The van der Waals surface area contributed by atoms with Gasteiger partial charge >= 0.3 is 6.18 Å². The van der Waals surface area contributed by atoms with Crippen LogP contribution in [0.2, 0.25) is 0 Å². The standard InChI is InChI=1S/C18H16F4N4O2/c19-6-12(7-23)10-27-13-2-3-14-15(5-13)28-17(26-14)25-9-11-1-4-16(24-8-11)18(20,21)22/h1-6,8H,7,9-10,23H2,(H,25,26)/b12-6-. The molecule has 0 aliphatic carbocycles. The molecule has 0 bridgehead atoms. The first-order valence-electron chi connectivity index (χ1n) is 8.16. The number of ether oxygens (including phenoxy) is 1. The third-order valence-corrected chi connectivity index (χ3v) is 3.76. The lowest BCUT2D eigenvalue weighted by Crippen LogP contribution is -2.10. The van der Waals surface area contributed by atoms with Crippen LogP contribution >= 0.6 is 0 Å². The van der Waals surface area contributed by atoms with Crippen LogP contribution in [0.15, 0.2) is 52.8 Å². The van der Waals surface area contributed by atoms with Gasteiger partial charge in [-0.15, -0.1) is 0 Å². The molecular formula is C18H16F4N4O2. The number of oxazole rings is 1. The van der Waals surface area contributed by atoms with Crippen LogP contribution in [0.4, 0.5) is 23.6 Å². The van der Waals surface area contributed by atoms with Crippen molar-refractivity contribution in [1.82, 2.24) is 9.97 Å². The van der Waals surface area contributed by atoms with Gasteiger partial charge in [0, 0.05) is 30.9 Å². The number of rotatable bonds is 7. The minimum absolute atomic E-state index is 0.0126. The molecule has 28 heavy (non-hydrogen) atoms. The molecule has 0 unspecified atom stereocenters. The minimum atomic E-state index is -4.48. The SMILES string of the molecule is NC/C(=C/F)COc1ccc2nc(NCc3ccc(C(F)(F)F)nc3)oc2c1. The van der Waals surface area contributed by atoms with Gasteiger partial charge in [-0.2, -0.15) is 18.2 Å². The lowest BCUT2D eigenvalue weighted by molar-refractivity contribution is -0.141.